The van der Waals surface area contributed by atoms with Gasteiger partial charge in [0.15, 0.2) is 0 Å². The third-order valence-corrected chi connectivity index (χ3v) is 7.91. The maximum absolute atomic E-state index is 12.1. The van der Waals surface area contributed by atoms with E-state index in [-0.39, 0.29) is 11.9 Å². The number of carbonyl (C=O) groups is 1. The van der Waals surface area contributed by atoms with Gasteiger partial charge in [0.2, 0.25) is 0 Å². The Labute approximate surface area is 231 Å². The fourth-order valence-corrected chi connectivity index (χ4v) is 5.78. The first kappa shape index (κ1) is 25.5. The molecule has 0 fully saturated rings. The zero-order chi connectivity index (χ0) is 27.0. The molecule has 8 nitrogen and oxygen atoms in total. The van der Waals surface area contributed by atoms with E-state index in [1.807, 2.05) is 44.2 Å². The highest BCUT2D eigenvalue weighted by Crippen LogP contribution is 2.49. The molecule has 0 unspecified atom stereocenters. The van der Waals surface area contributed by atoms with Gasteiger partial charge in [-0.15, -0.1) is 11.3 Å². The molecule has 0 aliphatic carbocycles. The van der Waals surface area contributed by atoms with Crippen molar-refractivity contribution in [3.05, 3.63) is 82.9 Å². The Hall–Kier alpha value is -4.15. The number of ether oxygens (including phenoxy) is 1. The highest BCUT2D eigenvalue weighted by molar-refractivity contribution is 9.10. The van der Waals surface area contributed by atoms with E-state index in [0.717, 1.165) is 47.5 Å². The quantitative estimate of drug-likeness (QED) is 0.204. The van der Waals surface area contributed by atoms with Gasteiger partial charge in [-0.2, -0.15) is 0 Å². The Bertz CT molecular complexity index is 1720. The number of anilines is 2. The Morgan fingerprint density at radius 1 is 1.11 bits per heavy atom. The van der Waals surface area contributed by atoms with E-state index in [9.17, 15) is 4.79 Å². The van der Waals surface area contributed by atoms with Gasteiger partial charge in [0.1, 0.15) is 11.6 Å². The van der Waals surface area contributed by atoms with E-state index in [1.165, 1.54) is 0 Å². The number of nitrogens with one attached hydrogen (secondary N) is 1. The molecule has 0 aliphatic heterocycles. The Kier molecular flexibility index (Phi) is 6.92. The van der Waals surface area contributed by atoms with Crippen LogP contribution in [0.2, 0.25) is 0 Å². The molecule has 0 radical (unpaired) electrons. The first-order valence-electron chi connectivity index (χ1n) is 11.6. The number of nitrogens with two attached hydrogens (primary N) is 1. The fraction of sp³-hybridized carbons (Fsp3) is 0.107. The van der Waals surface area contributed by atoms with Crippen LogP contribution >= 0.6 is 27.3 Å². The second-order valence-corrected chi connectivity index (χ2v) is 10.6. The molecule has 4 aromatic heterocycles. The summed E-state index contributed by atoms with van der Waals surface area (Å²) in [4.78, 5) is 30.6. The van der Waals surface area contributed by atoms with Gasteiger partial charge < -0.3 is 15.8 Å². The van der Waals surface area contributed by atoms with Crippen molar-refractivity contribution in [2.75, 3.05) is 11.1 Å². The van der Waals surface area contributed by atoms with Crippen molar-refractivity contribution >= 4 is 54.8 Å². The lowest BCUT2D eigenvalue weighted by molar-refractivity contribution is -0.112. The molecule has 38 heavy (non-hydrogen) atoms. The van der Waals surface area contributed by atoms with Crippen LogP contribution in [0.3, 0.4) is 0 Å². The predicted octanol–water partition coefficient (Wildman–Crippen LogP) is 7.08. The van der Waals surface area contributed by atoms with Crippen molar-refractivity contribution < 1.29 is 9.53 Å². The molecule has 3 N–H and O–H groups in total. The van der Waals surface area contributed by atoms with Gasteiger partial charge in [0.25, 0.3) is 5.91 Å². The zero-order valence-corrected chi connectivity index (χ0v) is 23.3. The number of thiophene rings is 1. The molecule has 0 atom stereocenters. The van der Waals surface area contributed by atoms with Crippen molar-refractivity contribution in [3.8, 4) is 33.5 Å². The van der Waals surface area contributed by atoms with Crippen LogP contribution < -0.4 is 15.8 Å². The van der Waals surface area contributed by atoms with Gasteiger partial charge in [-0.1, -0.05) is 12.6 Å². The van der Waals surface area contributed by atoms with Gasteiger partial charge in [-0.3, -0.25) is 9.78 Å². The molecule has 5 rings (SSSR count). The van der Waals surface area contributed by atoms with Crippen LogP contribution in [0, 0.1) is 13.8 Å². The van der Waals surface area contributed by atoms with Crippen molar-refractivity contribution in [1.29, 1.82) is 0 Å². The third kappa shape index (κ3) is 5.00. The minimum absolute atomic E-state index is 0.218. The lowest BCUT2D eigenvalue weighted by Crippen LogP contribution is -2.11. The van der Waals surface area contributed by atoms with E-state index in [2.05, 4.69) is 42.8 Å². The SMILES string of the molecule is C=C(C)C(=O)Nc1ccc(-c2sc3c(Br)cnc(N)c3c2-c2ccc(Oc3nccc(C)n3)cn2)c(C)c1. The number of aryl methyl sites for hydroxylation is 2. The van der Waals surface area contributed by atoms with E-state index in [0.29, 0.717) is 22.8 Å². The first-order chi connectivity index (χ1) is 18.2. The van der Waals surface area contributed by atoms with Gasteiger partial charge in [0, 0.05) is 45.2 Å². The molecule has 1 aromatic carbocycles. The number of hydrogen-bond donors (Lipinski definition) is 2. The number of aromatic nitrogens is 4. The number of pyridine rings is 2. The number of hydrogen-bond acceptors (Lipinski definition) is 8. The summed E-state index contributed by atoms with van der Waals surface area (Å²) in [6.07, 6.45) is 4.99. The molecule has 0 spiro atoms. The second-order valence-electron chi connectivity index (χ2n) is 8.73. The van der Waals surface area contributed by atoms with Gasteiger partial charge in [-0.05, 0) is 78.2 Å². The second kappa shape index (κ2) is 10.3. The minimum atomic E-state index is -0.218. The minimum Gasteiger partial charge on any atom is -0.423 e. The maximum atomic E-state index is 12.1. The summed E-state index contributed by atoms with van der Waals surface area (Å²) in [5.41, 5.74) is 11.9. The number of nitrogen functional groups attached to an aromatic ring is 1. The maximum Gasteiger partial charge on any atom is 0.322 e. The lowest BCUT2D eigenvalue weighted by atomic mass is 9.99. The summed E-state index contributed by atoms with van der Waals surface area (Å²) in [5, 5.41) is 3.69. The smallest absolute Gasteiger partial charge is 0.322 e. The number of rotatable bonds is 6. The molecule has 0 aliphatic rings. The number of fused-ring (bicyclic) bond motifs is 1. The summed E-state index contributed by atoms with van der Waals surface area (Å²) < 4.78 is 7.61. The fourth-order valence-electron chi connectivity index (χ4n) is 3.93. The number of carbonyl (C=O) groups excluding carboxylic acids is 1. The van der Waals surface area contributed by atoms with Crippen LogP contribution in [0.25, 0.3) is 31.8 Å². The average Bonchev–Trinajstić information content (AvgIpc) is 3.28. The summed E-state index contributed by atoms with van der Waals surface area (Å²) in [7, 11) is 0. The van der Waals surface area contributed by atoms with Crippen molar-refractivity contribution in [1.82, 2.24) is 19.9 Å². The van der Waals surface area contributed by atoms with E-state index in [4.69, 9.17) is 15.5 Å². The summed E-state index contributed by atoms with van der Waals surface area (Å²) >= 11 is 5.23. The van der Waals surface area contributed by atoms with Crippen molar-refractivity contribution in [2.45, 2.75) is 20.8 Å². The highest BCUT2D eigenvalue weighted by Gasteiger charge is 2.22. The van der Waals surface area contributed by atoms with Crippen LogP contribution in [-0.2, 0) is 4.79 Å². The average molecular weight is 588 g/mol. The number of nitrogens with zero attached hydrogens (tertiary/aromatic N) is 4. The largest absolute Gasteiger partial charge is 0.423 e. The van der Waals surface area contributed by atoms with Crippen LogP contribution in [0.15, 0.2) is 71.6 Å². The molecule has 1 amide bonds. The van der Waals surface area contributed by atoms with Crippen LogP contribution in [0.4, 0.5) is 11.5 Å². The molecule has 190 valence electrons. The topological polar surface area (TPSA) is 116 Å². The molecule has 0 saturated heterocycles. The number of halogens is 1. The molecular formula is C28H23BrN6O2S. The highest BCUT2D eigenvalue weighted by atomic mass is 79.9. The van der Waals surface area contributed by atoms with Crippen molar-refractivity contribution in [3.63, 3.8) is 0 Å². The molecule has 0 saturated carbocycles. The van der Waals surface area contributed by atoms with Crippen LogP contribution in [0.1, 0.15) is 18.2 Å². The van der Waals surface area contributed by atoms with Crippen LogP contribution in [0.5, 0.6) is 11.8 Å². The summed E-state index contributed by atoms with van der Waals surface area (Å²) in [6.45, 7) is 9.25. The molecule has 0 bridgehead atoms. The Morgan fingerprint density at radius 2 is 1.92 bits per heavy atom. The first-order valence-corrected chi connectivity index (χ1v) is 13.2. The number of benzene rings is 1. The van der Waals surface area contributed by atoms with Gasteiger partial charge in [0.05, 0.1) is 21.1 Å². The Morgan fingerprint density at radius 3 is 2.61 bits per heavy atom. The normalized spacial score (nSPS) is 10.9. The zero-order valence-electron chi connectivity index (χ0n) is 20.9. The predicted molar refractivity (Wildman–Crippen MR) is 155 cm³/mol. The van der Waals surface area contributed by atoms with E-state index >= 15 is 0 Å². The van der Waals surface area contributed by atoms with Gasteiger partial charge >= 0.3 is 6.01 Å². The van der Waals surface area contributed by atoms with Gasteiger partial charge in [-0.25, -0.2) is 15.0 Å². The van der Waals surface area contributed by atoms with Crippen molar-refractivity contribution in [2.24, 2.45) is 0 Å². The molecule has 4 heterocycles. The molecule has 5 aromatic rings. The van der Waals surface area contributed by atoms with Crippen LogP contribution in [-0.4, -0.2) is 25.8 Å². The lowest BCUT2D eigenvalue weighted by Gasteiger charge is -2.12. The summed E-state index contributed by atoms with van der Waals surface area (Å²) in [5.74, 6) is 0.713. The third-order valence-electron chi connectivity index (χ3n) is 5.79. The number of amides is 1. The monoisotopic (exact) mass is 586 g/mol. The summed E-state index contributed by atoms with van der Waals surface area (Å²) in [6, 6.07) is 11.6. The van der Waals surface area contributed by atoms with E-state index in [1.54, 1.807) is 42.9 Å². The Balaban J connectivity index is 1.60. The van der Waals surface area contributed by atoms with E-state index < -0.39 is 0 Å². The standard InChI is InChI=1S/C28H23BrN6O2S/c1-14(2)27(36)35-17-5-7-19(15(3)11-17)24-22(23-25(38-24)20(29)13-33-26(23)30)21-8-6-18(12-32-21)37-28-31-10-9-16(4)34-28/h5-13H,1H2,2-4H3,(H2,30,33)(H,35,36). The molecule has 10 heteroatoms. The molecular weight excluding hydrogens is 564 g/mol.